The Morgan fingerprint density at radius 2 is 1.70 bits per heavy atom. The van der Waals surface area contributed by atoms with Crippen LogP contribution in [0.25, 0.3) is 0 Å². The summed E-state index contributed by atoms with van der Waals surface area (Å²) in [5.74, 6) is 0. The number of rotatable bonds is 7. The minimum Gasteiger partial charge on any atom is -0.390 e. The van der Waals surface area contributed by atoms with E-state index in [0.29, 0.717) is 6.04 Å². The fraction of sp³-hybridized carbons (Fsp3) is 0.684. The molecule has 0 aliphatic carbocycles. The van der Waals surface area contributed by atoms with Crippen molar-refractivity contribution in [2.24, 2.45) is 0 Å². The highest BCUT2D eigenvalue weighted by atomic mass is 16.3. The number of benzene rings is 1. The molecule has 2 fully saturated rings. The van der Waals surface area contributed by atoms with E-state index in [1.54, 1.807) is 0 Å². The first-order valence-corrected chi connectivity index (χ1v) is 9.20. The molecule has 2 saturated heterocycles. The zero-order valence-electron chi connectivity index (χ0n) is 14.2. The van der Waals surface area contributed by atoms with Gasteiger partial charge in [-0.15, -0.1) is 0 Å². The Hall–Kier alpha value is -0.940. The molecule has 2 aliphatic heterocycles. The predicted octanol–water partition coefficient (Wildman–Crippen LogP) is 1.70. The van der Waals surface area contributed by atoms with E-state index in [1.165, 1.54) is 31.2 Å². The monoisotopic (exact) mass is 317 g/mol. The molecule has 2 heterocycles. The van der Waals surface area contributed by atoms with Crippen LogP contribution in [-0.4, -0.2) is 66.3 Å². The van der Waals surface area contributed by atoms with Crippen LogP contribution in [0.15, 0.2) is 30.3 Å². The average molecular weight is 317 g/mol. The molecule has 0 bridgehead atoms. The van der Waals surface area contributed by atoms with Gasteiger partial charge in [0.1, 0.15) is 0 Å². The number of likely N-dealkylation sites (tertiary alicyclic amines) is 2. The van der Waals surface area contributed by atoms with Gasteiger partial charge in [0.15, 0.2) is 0 Å². The van der Waals surface area contributed by atoms with Crippen molar-refractivity contribution < 1.29 is 5.11 Å². The smallest absolute Gasteiger partial charge is 0.0791 e. The Morgan fingerprint density at radius 1 is 1.00 bits per heavy atom. The van der Waals surface area contributed by atoms with Crippen LogP contribution in [0.3, 0.4) is 0 Å². The molecule has 1 unspecified atom stereocenters. The molecule has 23 heavy (non-hydrogen) atoms. The number of β-amino-alcohol motifs (C(OH)–C–C–N with tert-alkyl or cyclic N) is 1. The number of piperidine rings is 1. The maximum Gasteiger partial charge on any atom is 0.0791 e. The molecule has 4 nitrogen and oxygen atoms in total. The van der Waals surface area contributed by atoms with Gasteiger partial charge in [-0.2, -0.15) is 0 Å². The van der Waals surface area contributed by atoms with Crippen molar-refractivity contribution in [1.29, 1.82) is 0 Å². The normalized spacial score (nSPS) is 22.5. The van der Waals surface area contributed by atoms with Gasteiger partial charge in [0.05, 0.1) is 6.10 Å². The van der Waals surface area contributed by atoms with E-state index < -0.39 is 0 Å². The number of aliphatic hydroxyl groups is 1. The zero-order chi connectivity index (χ0) is 15.9. The number of nitrogens with one attached hydrogen (secondary N) is 1. The third-order valence-corrected chi connectivity index (χ3v) is 5.15. The maximum absolute atomic E-state index is 10.2. The molecule has 0 aromatic heterocycles. The minimum absolute atomic E-state index is 0.226. The summed E-state index contributed by atoms with van der Waals surface area (Å²) < 4.78 is 0. The Morgan fingerprint density at radius 3 is 2.39 bits per heavy atom. The Labute approximate surface area is 140 Å². The lowest BCUT2D eigenvalue weighted by molar-refractivity contribution is 0.113. The van der Waals surface area contributed by atoms with E-state index in [2.05, 4.69) is 45.4 Å². The van der Waals surface area contributed by atoms with Gasteiger partial charge in [-0.25, -0.2) is 0 Å². The Kier molecular flexibility index (Phi) is 6.46. The highest BCUT2D eigenvalue weighted by Gasteiger charge is 2.21. The quantitative estimate of drug-likeness (QED) is 0.803. The van der Waals surface area contributed by atoms with E-state index in [1.807, 2.05) is 0 Å². The first-order valence-electron chi connectivity index (χ1n) is 9.20. The Bertz CT molecular complexity index is 439. The molecule has 3 rings (SSSR count). The summed E-state index contributed by atoms with van der Waals surface area (Å²) in [5, 5.41) is 13.7. The molecule has 0 saturated carbocycles. The van der Waals surface area contributed by atoms with Gasteiger partial charge in [0.2, 0.25) is 0 Å². The van der Waals surface area contributed by atoms with Gasteiger partial charge in [0, 0.05) is 25.7 Å². The summed E-state index contributed by atoms with van der Waals surface area (Å²) in [6.07, 6.45) is 4.72. The summed E-state index contributed by atoms with van der Waals surface area (Å²) >= 11 is 0. The summed E-state index contributed by atoms with van der Waals surface area (Å²) in [5.41, 5.74) is 1.40. The van der Waals surface area contributed by atoms with Crippen molar-refractivity contribution >= 4 is 0 Å². The standard InChI is InChI=1S/C19H31N3O/c23-19(16-21-10-4-5-11-21)14-20-18-8-12-22(13-9-18)15-17-6-2-1-3-7-17/h1-3,6-7,18-20,23H,4-5,8-16H2. The lowest BCUT2D eigenvalue weighted by Crippen LogP contribution is -2.46. The molecule has 1 aromatic carbocycles. The number of aliphatic hydroxyl groups excluding tert-OH is 1. The average Bonchev–Trinajstić information content (AvgIpc) is 3.08. The topological polar surface area (TPSA) is 38.7 Å². The van der Waals surface area contributed by atoms with Gasteiger partial charge in [-0.3, -0.25) is 4.90 Å². The summed E-state index contributed by atoms with van der Waals surface area (Å²) in [7, 11) is 0. The van der Waals surface area contributed by atoms with E-state index in [9.17, 15) is 5.11 Å². The molecule has 0 amide bonds. The molecule has 0 radical (unpaired) electrons. The molecular weight excluding hydrogens is 286 g/mol. The van der Waals surface area contributed by atoms with Gasteiger partial charge in [-0.05, 0) is 57.4 Å². The van der Waals surface area contributed by atoms with Crippen LogP contribution >= 0.6 is 0 Å². The van der Waals surface area contributed by atoms with Crippen LogP contribution in [0, 0.1) is 0 Å². The van der Waals surface area contributed by atoms with Crippen LogP contribution in [0.2, 0.25) is 0 Å². The fourth-order valence-electron chi connectivity index (χ4n) is 3.77. The zero-order valence-corrected chi connectivity index (χ0v) is 14.2. The van der Waals surface area contributed by atoms with Crippen LogP contribution < -0.4 is 5.32 Å². The molecule has 0 spiro atoms. The van der Waals surface area contributed by atoms with E-state index in [-0.39, 0.29) is 6.10 Å². The van der Waals surface area contributed by atoms with E-state index in [4.69, 9.17) is 0 Å². The van der Waals surface area contributed by atoms with Gasteiger partial charge >= 0.3 is 0 Å². The third-order valence-electron chi connectivity index (χ3n) is 5.15. The maximum atomic E-state index is 10.2. The highest BCUT2D eigenvalue weighted by Crippen LogP contribution is 2.14. The minimum atomic E-state index is -0.226. The largest absolute Gasteiger partial charge is 0.390 e. The van der Waals surface area contributed by atoms with Crippen molar-refractivity contribution in [2.75, 3.05) is 39.3 Å². The van der Waals surface area contributed by atoms with Crippen molar-refractivity contribution in [3.8, 4) is 0 Å². The first-order chi connectivity index (χ1) is 11.3. The van der Waals surface area contributed by atoms with E-state index in [0.717, 1.165) is 45.8 Å². The lowest BCUT2D eigenvalue weighted by Gasteiger charge is -2.33. The summed E-state index contributed by atoms with van der Waals surface area (Å²) in [4.78, 5) is 4.92. The molecule has 1 atom stereocenters. The van der Waals surface area contributed by atoms with Crippen molar-refractivity contribution in [2.45, 2.75) is 44.4 Å². The van der Waals surface area contributed by atoms with Gasteiger partial charge < -0.3 is 15.3 Å². The van der Waals surface area contributed by atoms with Crippen molar-refractivity contribution in [3.05, 3.63) is 35.9 Å². The summed E-state index contributed by atoms with van der Waals surface area (Å²) in [6.45, 7) is 7.25. The molecule has 128 valence electrons. The van der Waals surface area contributed by atoms with Crippen LogP contribution in [0.1, 0.15) is 31.2 Å². The van der Waals surface area contributed by atoms with E-state index >= 15 is 0 Å². The molecule has 2 aliphatic rings. The second-order valence-electron chi connectivity index (χ2n) is 7.11. The highest BCUT2D eigenvalue weighted by molar-refractivity contribution is 5.14. The fourth-order valence-corrected chi connectivity index (χ4v) is 3.77. The second kappa shape index (κ2) is 8.78. The second-order valence-corrected chi connectivity index (χ2v) is 7.11. The van der Waals surface area contributed by atoms with Gasteiger partial charge in [0.25, 0.3) is 0 Å². The van der Waals surface area contributed by atoms with Crippen molar-refractivity contribution in [1.82, 2.24) is 15.1 Å². The molecule has 1 aromatic rings. The molecular formula is C19H31N3O. The summed E-state index contributed by atoms with van der Waals surface area (Å²) in [6, 6.07) is 11.3. The molecule has 4 heteroatoms. The number of hydrogen-bond acceptors (Lipinski definition) is 4. The number of hydrogen-bond donors (Lipinski definition) is 2. The third kappa shape index (κ3) is 5.57. The Balaban J connectivity index is 1.31. The number of nitrogens with zero attached hydrogens (tertiary/aromatic N) is 2. The van der Waals surface area contributed by atoms with Crippen LogP contribution in [0.5, 0.6) is 0 Å². The first kappa shape index (κ1) is 16.9. The predicted molar refractivity (Wildman–Crippen MR) is 94.4 cm³/mol. The van der Waals surface area contributed by atoms with Crippen LogP contribution in [-0.2, 0) is 6.54 Å². The van der Waals surface area contributed by atoms with Crippen LogP contribution in [0.4, 0.5) is 0 Å². The molecule has 2 N–H and O–H groups in total. The lowest BCUT2D eigenvalue weighted by atomic mass is 10.0. The van der Waals surface area contributed by atoms with Gasteiger partial charge in [-0.1, -0.05) is 30.3 Å². The van der Waals surface area contributed by atoms with Crippen molar-refractivity contribution in [3.63, 3.8) is 0 Å². The SMILES string of the molecule is OC(CNC1CCN(Cc2ccccc2)CC1)CN1CCCC1.